The lowest BCUT2D eigenvalue weighted by Gasteiger charge is -2.10. The summed E-state index contributed by atoms with van der Waals surface area (Å²) in [5.41, 5.74) is 0. The summed E-state index contributed by atoms with van der Waals surface area (Å²) in [6, 6.07) is 0. The van der Waals surface area contributed by atoms with E-state index in [1.54, 1.807) is 6.92 Å². The Balaban J connectivity index is 3.91. The SMILES string of the molecule is CCOC(=O)CP(=O)(O)OCCC(C)=O. The molecule has 0 rings (SSSR count). The molecule has 0 aliphatic carbocycles. The molecular weight excluding hydrogens is 223 g/mol. The molecule has 0 aromatic carbocycles. The second-order valence-corrected chi connectivity index (χ2v) is 4.74. The van der Waals surface area contributed by atoms with E-state index < -0.39 is 19.7 Å². The Hall–Kier alpha value is -0.710. The smallest absolute Gasteiger partial charge is 0.339 e. The quantitative estimate of drug-likeness (QED) is 0.519. The Morgan fingerprint density at radius 1 is 1.40 bits per heavy atom. The van der Waals surface area contributed by atoms with Crippen molar-refractivity contribution in [2.24, 2.45) is 0 Å². The fraction of sp³-hybridized carbons (Fsp3) is 0.750. The largest absolute Gasteiger partial charge is 0.466 e. The van der Waals surface area contributed by atoms with Crippen LogP contribution in [0.5, 0.6) is 0 Å². The zero-order valence-electron chi connectivity index (χ0n) is 8.76. The van der Waals surface area contributed by atoms with Crippen molar-refractivity contribution in [3.63, 3.8) is 0 Å². The number of esters is 1. The van der Waals surface area contributed by atoms with Gasteiger partial charge in [0.1, 0.15) is 11.9 Å². The number of hydrogen-bond donors (Lipinski definition) is 1. The highest BCUT2D eigenvalue weighted by atomic mass is 31.2. The normalized spacial score (nSPS) is 14.3. The van der Waals surface area contributed by atoms with Crippen molar-refractivity contribution in [3.8, 4) is 0 Å². The third-order valence-corrected chi connectivity index (χ3v) is 2.63. The lowest BCUT2D eigenvalue weighted by molar-refractivity contribution is -0.140. The maximum absolute atomic E-state index is 11.2. The van der Waals surface area contributed by atoms with Crippen molar-refractivity contribution in [3.05, 3.63) is 0 Å². The molecule has 0 bridgehead atoms. The Morgan fingerprint density at radius 2 is 2.00 bits per heavy atom. The molecule has 1 atom stereocenters. The summed E-state index contributed by atoms with van der Waals surface area (Å²) in [7, 11) is -3.96. The molecule has 0 fully saturated rings. The highest BCUT2D eigenvalue weighted by Gasteiger charge is 2.24. The molecule has 0 aromatic rings. The van der Waals surface area contributed by atoms with Crippen molar-refractivity contribution in [2.75, 3.05) is 19.4 Å². The Kier molecular flexibility index (Phi) is 6.40. The summed E-state index contributed by atoms with van der Waals surface area (Å²) in [5.74, 6) is -0.933. The maximum Gasteiger partial charge on any atom is 0.339 e. The summed E-state index contributed by atoms with van der Waals surface area (Å²) < 4.78 is 20.2. The topological polar surface area (TPSA) is 89.9 Å². The monoisotopic (exact) mass is 238 g/mol. The summed E-state index contributed by atoms with van der Waals surface area (Å²) in [5, 5.41) is 0. The van der Waals surface area contributed by atoms with Crippen LogP contribution < -0.4 is 0 Å². The molecule has 6 nitrogen and oxygen atoms in total. The molecular formula is C8H15O6P. The van der Waals surface area contributed by atoms with Crippen LogP contribution in [0, 0.1) is 0 Å². The van der Waals surface area contributed by atoms with Gasteiger partial charge in [-0.25, -0.2) is 0 Å². The molecule has 0 saturated heterocycles. The Labute approximate surface area is 88.1 Å². The van der Waals surface area contributed by atoms with E-state index in [-0.39, 0.29) is 25.4 Å². The van der Waals surface area contributed by atoms with Gasteiger partial charge in [0.05, 0.1) is 13.2 Å². The highest BCUT2D eigenvalue weighted by molar-refractivity contribution is 7.53. The first-order chi connectivity index (χ1) is 6.87. The molecule has 0 heterocycles. The third kappa shape index (κ3) is 8.30. The minimum absolute atomic E-state index is 0.0490. The predicted octanol–water partition coefficient (Wildman–Crippen LogP) is 0.731. The van der Waals surface area contributed by atoms with Crippen LogP contribution in [0.3, 0.4) is 0 Å². The van der Waals surface area contributed by atoms with Crippen LogP contribution in [-0.4, -0.2) is 36.0 Å². The minimum Gasteiger partial charge on any atom is -0.466 e. The molecule has 7 heteroatoms. The van der Waals surface area contributed by atoms with Gasteiger partial charge in [0.15, 0.2) is 0 Å². The number of Topliss-reactive ketones (excluding diaryl/α,β-unsaturated/α-hetero) is 1. The van der Waals surface area contributed by atoms with Gasteiger partial charge < -0.3 is 14.2 Å². The number of hydrogen-bond acceptors (Lipinski definition) is 5. The lowest BCUT2D eigenvalue weighted by atomic mass is 10.3. The van der Waals surface area contributed by atoms with Gasteiger partial charge in [-0.2, -0.15) is 0 Å². The van der Waals surface area contributed by atoms with E-state index in [4.69, 9.17) is 4.89 Å². The molecule has 88 valence electrons. The number of carbonyl (C=O) groups excluding carboxylic acids is 2. The zero-order chi connectivity index (χ0) is 11.9. The average Bonchev–Trinajstić information content (AvgIpc) is 2.01. The first-order valence-corrected chi connectivity index (χ1v) is 6.25. The summed E-state index contributed by atoms with van der Waals surface area (Å²) in [6.45, 7) is 2.92. The molecule has 0 saturated carbocycles. The predicted molar refractivity (Wildman–Crippen MR) is 52.6 cm³/mol. The number of rotatable bonds is 7. The maximum atomic E-state index is 11.2. The number of ketones is 1. The zero-order valence-corrected chi connectivity index (χ0v) is 9.66. The van der Waals surface area contributed by atoms with Crippen LogP contribution in [0.4, 0.5) is 0 Å². The van der Waals surface area contributed by atoms with Crippen molar-refractivity contribution in [1.82, 2.24) is 0 Å². The summed E-state index contributed by atoms with van der Waals surface area (Å²) >= 11 is 0. The van der Waals surface area contributed by atoms with E-state index in [0.29, 0.717) is 0 Å². The van der Waals surface area contributed by atoms with E-state index >= 15 is 0 Å². The van der Waals surface area contributed by atoms with Crippen LogP contribution in [0.2, 0.25) is 0 Å². The van der Waals surface area contributed by atoms with Crippen molar-refractivity contribution in [2.45, 2.75) is 20.3 Å². The molecule has 15 heavy (non-hydrogen) atoms. The fourth-order valence-electron chi connectivity index (χ4n) is 0.747. The third-order valence-electron chi connectivity index (χ3n) is 1.38. The second-order valence-electron chi connectivity index (χ2n) is 2.89. The van der Waals surface area contributed by atoms with E-state index in [2.05, 4.69) is 9.26 Å². The Bertz CT molecular complexity index is 274. The van der Waals surface area contributed by atoms with Crippen LogP contribution in [0.25, 0.3) is 0 Å². The standard InChI is InChI=1S/C8H15O6P/c1-3-13-8(10)6-15(11,12)14-5-4-7(2)9/h3-6H2,1-2H3,(H,11,12). The minimum atomic E-state index is -3.96. The van der Waals surface area contributed by atoms with Gasteiger partial charge in [-0.05, 0) is 13.8 Å². The molecule has 0 aliphatic rings. The number of ether oxygens (including phenoxy) is 1. The lowest BCUT2D eigenvalue weighted by Crippen LogP contribution is -2.11. The van der Waals surface area contributed by atoms with Crippen LogP contribution in [-0.2, 0) is 23.4 Å². The van der Waals surface area contributed by atoms with Gasteiger partial charge >= 0.3 is 13.6 Å². The summed E-state index contributed by atoms with van der Waals surface area (Å²) in [4.78, 5) is 30.5. The first kappa shape index (κ1) is 14.3. The molecule has 0 aliphatic heterocycles. The van der Waals surface area contributed by atoms with E-state index in [1.165, 1.54) is 6.92 Å². The van der Waals surface area contributed by atoms with Gasteiger partial charge in [0, 0.05) is 6.42 Å². The van der Waals surface area contributed by atoms with Gasteiger partial charge in [0.2, 0.25) is 0 Å². The molecule has 1 unspecified atom stereocenters. The van der Waals surface area contributed by atoms with Gasteiger partial charge in [-0.3, -0.25) is 14.2 Å². The summed E-state index contributed by atoms with van der Waals surface area (Å²) in [6.07, 6.45) is -0.633. The molecule has 0 radical (unpaired) electrons. The fourth-order valence-corrected chi connectivity index (χ4v) is 1.63. The van der Waals surface area contributed by atoms with E-state index in [9.17, 15) is 14.2 Å². The van der Waals surface area contributed by atoms with Crippen LogP contribution >= 0.6 is 7.60 Å². The highest BCUT2D eigenvalue weighted by Crippen LogP contribution is 2.41. The molecule has 0 spiro atoms. The number of carbonyl (C=O) groups is 2. The van der Waals surface area contributed by atoms with Crippen LogP contribution in [0.1, 0.15) is 20.3 Å². The van der Waals surface area contributed by atoms with Gasteiger partial charge in [-0.15, -0.1) is 0 Å². The average molecular weight is 238 g/mol. The molecule has 1 N–H and O–H groups in total. The van der Waals surface area contributed by atoms with E-state index in [1.807, 2.05) is 0 Å². The van der Waals surface area contributed by atoms with Crippen molar-refractivity contribution in [1.29, 1.82) is 0 Å². The molecule has 0 aromatic heterocycles. The van der Waals surface area contributed by atoms with E-state index in [0.717, 1.165) is 0 Å². The first-order valence-electron chi connectivity index (χ1n) is 4.49. The second kappa shape index (κ2) is 6.71. The Morgan fingerprint density at radius 3 is 2.47 bits per heavy atom. The van der Waals surface area contributed by atoms with Crippen molar-refractivity contribution >= 4 is 19.3 Å². The van der Waals surface area contributed by atoms with Crippen molar-refractivity contribution < 1.29 is 28.3 Å². The van der Waals surface area contributed by atoms with Crippen LogP contribution in [0.15, 0.2) is 0 Å². The molecule has 0 amide bonds. The van der Waals surface area contributed by atoms with Gasteiger partial charge in [-0.1, -0.05) is 0 Å². The van der Waals surface area contributed by atoms with Gasteiger partial charge in [0.25, 0.3) is 0 Å².